The Kier molecular flexibility index (Phi) is 9.48. The van der Waals surface area contributed by atoms with Crippen molar-refractivity contribution < 1.29 is 25.1 Å². The summed E-state index contributed by atoms with van der Waals surface area (Å²) in [6.45, 7) is 17.1. The standard InChI is InChI=1S/2C19H18N.C8H7NO2.Ir/c2*1-19(2,3)16-11-8-15(9-12-16)18-13-10-14-6-4-5-7-17(14)20-18;1-2-6-3-4-7(8(10)11)9-5-6;/h2*4-8,10-13H,1-3H3;2-5H,1H2,(H,10,11);/q;;;+1/p-1. The summed E-state index contributed by atoms with van der Waals surface area (Å²) < 4.78 is 8.90. The zero-order valence-corrected chi connectivity index (χ0v) is 32.8. The molecule has 0 bridgehead atoms. The minimum atomic E-state index is -3.35. The van der Waals surface area contributed by atoms with E-state index in [1.54, 1.807) is 18.3 Å². The van der Waals surface area contributed by atoms with Crippen LogP contribution < -0.4 is 8.15 Å². The predicted molar refractivity (Wildman–Crippen MR) is 211 cm³/mol. The van der Waals surface area contributed by atoms with Gasteiger partial charge in [0.05, 0.1) is 0 Å². The van der Waals surface area contributed by atoms with Crippen LogP contribution in [0.1, 0.15) is 68.7 Å². The van der Waals surface area contributed by atoms with E-state index in [1.165, 1.54) is 0 Å². The van der Waals surface area contributed by atoms with Crippen molar-refractivity contribution in [1.29, 1.82) is 0 Å². The van der Waals surface area contributed by atoms with Crippen LogP contribution in [0.3, 0.4) is 0 Å². The molecule has 0 N–H and O–H groups in total. The molecule has 0 atom stereocenters. The number of para-hydroxylation sites is 2. The van der Waals surface area contributed by atoms with E-state index in [9.17, 15) is 4.79 Å². The topological polar surface area (TPSA) is 65.0 Å². The summed E-state index contributed by atoms with van der Waals surface area (Å²) >= 11 is -3.35. The molecule has 0 unspecified atom stereocenters. The Morgan fingerprint density at radius 3 is 1.58 bits per heavy atom. The van der Waals surface area contributed by atoms with Crippen molar-refractivity contribution >= 4 is 42.0 Å². The third kappa shape index (κ3) is 7.23. The first-order chi connectivity index (χ1) is 24.9. The molecule has 4 aromatic carbocycles. The number of pyridine rings is 3. The molecular weight excluding hydrogens is 819 g/mol. The number of aromatic nitrogens is 3. The van der Waals surface area contributed by atoms with Gasteiger partial charge in [-0.05, 0) is 0 Å². The molecule has 0 aliphatic rings. The third-order valence-corrected chi connectivity index (χ3v) is 14.3. The van der Waals surface area contributed by atoms with Gasteiger partial charge in [-0.15, -0.1) is 0 Å². The number of hydrogen-bond donors (Lipinski definition) is 0. The third-order valence-electron chi connectivity index (χ3n) is 9.07. The molecule has 6 heteroatoms. The van der Waals surface area contributed by atoms with Gasteiger partial charge in [-0.2, -0.15) is 0 Å². The second-order valence-electron chi connectivity index (χ2n) is 14.9. The van der Waals surface area contributed by atoms with Gasteiger partial charge in [0.15, 0.2) is 0 Å². The number of rotatable bonds is 7. The first-order valence-electron chi connectivity index (χ1n) is 17.4. The molecule has 0 aliphatic heterocycles. The number of carbonyl (C=O) groups is 1. The molecule has 52 heavy (non-hydrogen) atoms. The van der Waals surface area contributed by atoms with Crippen molar-refractivity contribution in [2.45, 2.75) is 52.4 Å². The molecule has 3 aromatic heterocycles. The summed E-state index contributed by atoms with van der Waals surface area (Å²) in [5, 5.41) is 2.14. The fourth-order valence-corrected chi connectivity index (χ4v) is 11.4. The van der Waals surface area contributed by atoms with E-state index in [1.807, 2.05) is 42.5 Å². The molecule has 7 rings (SSSR count). The van der Waals surface area contributed by atoms with Crippen molar-refractivity contribution in [1.82, 2.24) is 15.0 Å². The van der Waals surface area contributed by atoms with Crippen LogP contribution in [0.25, 0.3) is 50.4 Å². The van der Waals surface area contributed by atoms with Crippen LogP contribution in [-0.4, -0.2) is 20.9 Å². The van der Waals surface area contributed by atoms with Gasteiger partial charge in [0.2, 0.25) is 0 Å². The van der Waals surface area contributed by atoms with Gasteiger partial charge in [-0.1, -0.05) is 0 Å². The van der Waals surface area contributed by atoms with Crippen LogP contribution in [0.15, 0.2) is 134 Å². The van der Waals surface area contributed by atoms with E-state index in [0.717, 1.165) is 69.2 Å². The molecule has 0 saturated carbocycles. The first kappa shape index (κ1) is 35.1. The monoisotopic (exact) mass is 861 g/mol. The fraction of sp³-hybridized carbons (Fsp3) is 0.174. The fourth-order valence-electron chi connectivity index (χ4n) is 5.94. The molecule has 0 amide bonds. The molecule has 5 nitrogen and oxygen atoms in total. The van der Waals surface area contributed by atoms with Gasteiger partial charge < -0.3 is 0 Å². The van der Waals surface area contributed by atoms with Gasteiger partial charge in [-0.25, -0.2) is 0 Å². The number of fused-ring (bicyclic) bond motifs is 2. The average Bonchev–Trinajstić information content (AvgIpc) is 3.15. The first-order valence-corrected chi connectivity index (χ1v) is 20.7. The van der Waals surface area contributed by atoms with E-state index in [4.69, 9.17) is 13.5 Å². The zero-order valence-electron chi connectivity index (χ0n) is 30.4. The summed E-state index contributed by atoms with van der Waals surface area (Å²) in [4.78, 5) is 29.1. The second-order valence-corrected chi connectivity index (χ2v) is 19.5. The molecule has 0 aliphatic carbocycles. The maximum atomic E-state index is 14.3. The Hall–Kier alpha value is -5.29. The van der Waals surface area contributed by atoms with E-state index >= 15 is 0 Å². The van der Waals surface area contributed by atoms with Crippen molar-refractivity contribution in [3.05, 3.63) is 156 Å². The number of hydrogen-bond acceptors (Lipinski definition) is 5. The molecule has 7 aromatic rings. The Morgan fingerprint density at radius 2 is 1.13 bits per heavy atom. The Balaban J connectivity index is 1.52. The van der Waals surface area contributed by atoms with Crippen LogP contribution in [0, 0.1) is 0 Å². The normalized spacial score (nSPS) is 12.2. The quantitative estimate of drug-likeness (QED) is 0.160. The van der Waals surface area contributed by atoms with Crippen molar-refractivity contribution in [2.75, 3.05) is 0 Å². The summed E-state index contributed by atoms with van der Waals surface area (Å²) in [5.74, 6) is -0.456. The summed E-state index contributed by atoms with van der Waals surface area (Å²) in [6, 6.07) is 41.4. The van der Waals surface area contributed by atoms with E-state index in [2.05, 4.69) is 126 Å². The molecule has 3 heterocycles. The number of carbonyl (C=O) groups excluding carboxylic acids is 1. The molecule has 262 valence electrons. The van der Waals surface area contributed by atoms with Crippen LogP contribution in [0.2, 0.25) is 0 Å². The van der Waals surface area contributed by atoms with Gasteiger partial charge in [-0.3, -0.25) is 0 Å². The van der Waals surface area contributed by atoms with Crippen molar-refractivity contribution in [3.63, 3.8) is 0 Å². The molecule has 0 saturated heterocycles. The van der Waals surface area contributed by atoms with Crippen LogP contribution >= 0.6 is 0 Å². The summed E-state index contributed by atoms with van der Waals surface area (Å²) in [6.07, 6.45) is 3.36. The summed E-state index contributed by atoms with van der Waals surface area (Å²) in [7, 11) is 0. The van der Waals surface area contributed by atoms with Gasteiger partial charge >= 0.3 is 313 Å². The average molecular weight is 861 g/mol. The molecule has 0 radical (unpaired) electrons. The van der Waals surface area contributed by atoms with Crippen molar-refractivity contribution in [3.8, 4) is 22.5 Å². The van der Waals surface area contributed by atoms with E-state index in [0.29, 0.717) is 0 Å². The van der Waals surface area contributed by atoms with Crippen LogP contribution in [0.4, 0.5) is 0 Å². The van der Waals surface area contributed by atoms with Crippen LogP contribution in [-0.2, 0) is 31.2 Å². The zero-order chi connectivity index (χ0) is 36.6. The van der Waals surface area contributed by atoms with Gasteiger partial charge in [0.25, 0.3) is 0 Å². The van der Waals surface area contributed by atoms with Gasteiger partial charge in [0, 0.05) is 0 Å². The maximum absolute atomic E-state index is 14.3. The SMILES string of the molecule is C=Cc1ccc(C(=O)[O][Ir]([c]2cc(C(C)(C)C)ccc2-c2ccc3ccccc3n2)[c]2cc(C(C)(C)C)ccc2-c2ccc3ccccc3n2)nc1. The Bertz CT molecular complexity index is 2320. The Labute approximate surface area is 312 Å². The minimum absolute atomic E-state index is 0.157. The number of nitrogens with zero attached hydrogens (tertiary/aromatic N) is 3. The molecule has 0 fully saturated rings. The van der Waals surface area contributed by atoms with Crippen molar-refractivity contribution in [2.24, 2.45) is 0 Å². The molecule has 0 spiro atoms. The van der Waals surface area contributed by atoms with E-state index in [-0.39, 0.29) is 16.5 Å². The predicted octanol–water partition coefficient (Wildman–Crippen LogP) is 10.1. The molecular formula is C46H42IrN3O2. The van der Waals surface area contributed by atoms with E-state index < -0.39 is 22.8 Å². The Morgan fingerprint density at radius 1 is 0.635 bits per heavy atom. The second kappa shape index (κ2) is 14.0. The summed E-state index contributed by atoms with van der Waals surface area (Å²) in [5.41, 5.74) is 8.47. The number of benzene rings is 4. The van der Waals surface area contributed by atoms with Gasteiger partial charge in [0.1, 0.15) is 0 Å². The van der Waals surface area contributed by atoms with Crippen LogP contribution in [0.5, 0.6) is 0 Å².